The van der Waals surface area contributed by atoms with Gasteiger partial charge in [0.15, 0.2) is 11.5 Å². The molecule has 0 aromatic heterocycles. The molecule has 0 atom stereocenters. The van der Waals surface area contributed by atoms with Crippen LogP contribution >= 0.6 is 11.6 Å². The number of para-hydroxylation sites is 1. The van der Waals surface area contributed by atoms with Crippen molar-refractivity contribution in [2.24, 2.45) is 5.10 Å². The molecule has 26 heavy (non-hydrogen) atoms. The summed E-state index contributed by atoms with van der Waals surface area (Å²) in [5.41, 5.74) is 5.66. The van der Waals surface area contributed by atoms with E-state index in [0.29, 0.717) is 23.1 Å². The van der Waals surface area contributed by atoms with Crippen molar-refractivity contribution in [3.8, 4) is 11.5 Å². The lowest BCUT2D eigenvalue weighted by atomic mass is 10.2. The van der Waals surface area contributed by atoms with Crippen molar-refractivity contribution >= 4 is 23.5 Å². The minimum Gasteiger partial charge on any atom is -0.493 e. The van der Waals surface area contributed by atoms with Crippen LogP contribution in [-0.4, -0.2) is 13.3 Å². The van der Waals surface area contributed by atoms with E-state index in [1.54, 1.807) is 13.3 Å². The number of ether oxygens (including phenoxy) is 2. The quantitative estimate of drug-likeness (QED) is 0.451. The Labute approximate surface area is 158 Å². The van der Waals surface area contributed by atoms with Crippen molar-refractivity contribution in [1.82, 2.24) is 0 Å². The molecule has 3 aromatic rings. The normalized spacial score (nSPS) is 10.7. The molecule has 1 N–H and O–H groups in total. The SMILES string of the molecule is COc1ccc(/C=N/Nc2ccccc2Cl)cc1OCc1ccccc1. The lowest BCUT2D eigenvalue weighted by Gasteiger charge is -2.11. The van der Waals surface area contributed by atoms with Gasteiger partial charge in [-0.15, -0.1) is 0 Å². The first-order valence-electron chi connectivity index (χ1n) is 8.14. The Hall–Kier alpha value is -2.98. The second kappa shape index (κ2) is 8.92. The molecule has 4 nitrogen and oxygen atoms in total. The molecule has 0 aliphatic rings. The number of benzene rings is 3. The summed E-state index contributed by atoms with van der Waals surface area (Å²) in [6, 6.07) is 23.1. The molecule has 0 radical (unpaired) electrons. The Kier molecular flexibility index (Phi) is 6.12. The molecule has 0 aliphatic carbocycles. The van der Waals surface area contributed by atoms with Gasteiger partial charge >= 0.3 is 0 Å². The maximum atomic E-state index is 6.10. The van der Waals surface area contributed by atoms with E-state index in [2.05, 4.69) is 10.5 Å². The Morgan fingerprint density at radius 3 is 2.50 bits per heavy atom. The topological polar surface area (TPSA) is 42.8 Å². The fraction of sp³-hybridized carbons (Fsp3) is 0.0952. The van der Waals surface area contributed by atoms with Gasteiger partial charge in [-0.1, -0.05) is 54.1 Å². The zero-order chi connectivity index (χ0) is 18.2. The summed E-state index contributed by atoms with van der Waals surface area (Å²) in [6.07, 6.45) is 1.71. The van der Waals surface area contributed by atoms with Crippen LogP contribution in [0.3, 0.4) is 0 Å². The molecule has 3 rings (SSSR count). The van der Waals surface area contributed by atoms with Crippen molar-refractivity contribution in [1.29, 1.82) is 0 Å². The molecule has 0 bridgehead atoms. The number of nitrogens with zero attached hydrogens (tertiary/aromatic N) is 1. The molecule has 3 aromatic carbocycles. The predicted octanol–water partition coefficient (Wildman–Crippen LogP) is 5.37. The molecule has 0 saturated carbocycles. The summed E-state index contributed by atoms with van der Waals surface area (Å²) in [6.45, 7) is 0.468. The Morgan fingerprint density at radius 2 is 1.73 bits per heavy atom. The highest BCUT2D eigenvalue weighted by Crippen LogP contribution is 2.28. The van der Waals surface area contributed by atoms with E-state index >= 15 is 0 Å². The summed E-state index contributed by atoms with van der Waals surface area (Å²) in [5.74, 6) is 1.34. The molecule has 0 heterocycles. The molecular weight excluding hydrogens is 348 g/mol. The number of hydrazone groups is 1. The number of hydrogen-bond donors (Lipinski definition) is 1. The molecule has 0 aliphatic heterocycles. The second-order valence-electron chi connectivity index (χ2n) is 5.53. The third-order valence-corrected chi connectivity index (χ3v) is 4.03. The molecule has 5 heteroatoms. The summed E-state index contributed by atoms with van der Waals surface area (Å²) in [4.78, 5) is 0. The van der Waals surface area contributed by atoms with Crippen LogP contribution in [0, 0.1) is 0 Å². The average molecular weight is 367 g/mol. The second-order valence-corrected chi connectivity index (χ2v) is 5.94. The molecular formula is C21H19ClN2O2. The first-order chi connectivity index (χ1) is 12.8. The van der Waals surface area contributed by atoms with E-state index in [9.17, 15) is 0 Å². The van der Waals surface area contributed by atoms with E-state index < -0.39 is 0 Å². The van der Waals surface area contributed by atoms with Crippen LogP contribution in [0.15, 0.2) is 77.9 Å². The first-order valence-corrected chi connectivity index (χ1v) is 8.52. The van der Waals surface area contributed by atoms with Gasteiger partial charge in [-0.05, 0) is 41.5 Å². The van der Waals surface area contributed by atoms with E-state index in [4.69, 9.17) is 21.1 Å². The lowest BCUT2D eigenvalue weighted by molar-refractivity contribution is 0.284. The van der Waals surface area contributed by atoms with Crippen molar-refractivity contribution in [2.75, 3.05) is 12.5 Å². The van der Waals surface area contributed by atoms with Crippen molar-refractivity contribution in [3.05, 3.63) is 88.9 Å². The average Bonchev–Trinajstić information content (AvgIpc) is 2.69. The summed E-state index contributed by atoms with van der Waals surface area (Å²) >= 11 is 6.10. The largest absolute Gasteiger partial charge is 0.493 e. The molecule has 0 saturated heterocycles. The van der Waals surface area contributed by atoms with Gasteiger partial charge < -0.3 is 9.47 Å². The van der Waals surface area contributed by atoms with Crippen LogP contribution in [-0.2, 0) is 6.61 Å². The van der Waals surface area contributed by atoms with Gasteiger partial charge in [0.25, 0.3) is 0 Å². The van der Waals surface area contributed by atoms with Gasteiger partial charge in [0.2, 0.25) is 0 Å². The van der Waals surface area contributed by atoms with Gasteiger partial charge in [0, 0.05) is 0 Å². The molecule has 0 unspecified atom stereocenters. The zero-order valence-corrected chi connectivity index (χ0v) is 15.1. The van der Waals surface area contributed by atoms with Crippen molar-refractivity contribution in [2.45, 2.75) is 6.61 Å². The number of anilines is 1. The van der Waals surface area contributed by atoms with E-state index in [1.807, 2.05) is 72.8 Å². The summed E-state index contributed by atoms with van der Waals surface area (Å²) < 4.78 is 11.3. The standard InChI is InChI=1S/C21H19ClN2O2/c1-25-20-12-11-17(14-23-24-19-10-6-5-9-18(19)22)13-21(20)26-15-16-7-3-2-4-8-16/h2-14,24H,15H2,1H3/b23-14+. The fourth-order valence-electron chi connectivity index (χ4n) is 2.35. The minimum atomic E-state index is 0.468. The summed E-state index contributed by atoms with van der Waals surface area (Å²) in [5, 5.41) is 4.85. The van der Waals surface area contributed by atoms with E-state index in [0.717, 1.165) is 16.8 Å². The van der Waals surface area contributed by atoms with Gasteiger partial charge in [0.1, 0.15) is 6.61 Å². The smallest absolute Gasteiger partial charge is 0.162 e. The molecule has 132 valence electrons. The number of hydrogen-bond acceptors (Lipinski definition) is 4. The van der Waals surface area contributed by atoms with Crippen LogP contribution in [0.4, 0.5) is 5.69 Å². The van der Waals surface area contributed by atoms with Crippen LogP contribution < -0.4 is 14.9 Å². The van der Waals surface area contributed by atoms with Gasteiger partial charge in [-0.3, -0.25) is 5.43 Å². The van der Waals surface area contributed by atoms with Gasteiger partial charge in [-0.2, -0.15) is 5.10 Å². The van der Waals surface area contributed by atoms with Crippen molar-refractivity contribution in [3.63, 3.8) is 0 Å². The number of methoxy groups -OCH3 is 1. The summed E-state index contributed by atoms with van der Waals surface area (Å²) in [7, 11) is 1.62. The molecule has 0 amide bonds. The maximum absolute atomic E-state index is 6.10. The van der Waals surface area contributed by atoms with Crippen LogP contribution in [0.1, 0.15) is 11.1 Å². The van der Waals surface area contributed by atoms with Crippen LogP contribution in [0.2, 0.25) is 5.02 Å². The maximum Gasteiger partial charge on any atom is 0.162 e. The monoisotopic (exact) mass is 366 g/mol. The van der Waals surface area contributed by atoms with Gasteiger partial charge in [0.05, 0.1) is 24.0 Å². The lowest BCUT2D eigenvalue weighted by Crippen LogP contribution is -1.99. The van der Waals surface area contributed by atoms with Crippen molar-refractivity contribution < 1.29 is 9.47 Å². The predicted molar refractivity (Wildman–Crippen MR) is 106 cm³/mol. The first kappa shape index (κ1) is 17.8. The molecule has 0 fully saturated rings. The highest BCUT2D eigenvalue weighted by Gasteiger charge is 2.06. The van der Waals surface area contributed by atoms with Gasteiger partial charge in [-0.25, -0.2) is 0 Å². The van der Waals surface area contributed by atoms with Crippen LogP contribution in [0.5, 0.6) is 11.5 Å². The fourth-order valence-corrected chi connectivity index (χ4v) is 2.53. The molecule has 0 spiro atoms. The Morgan fingerprint density at radius 1 is 0.962 bits per heavy atom. The van der Waals surface area contributed by atoms with E-state index in [1.165, 1.54) is 0 Å². The Balaban J connectivity index is 1.70. The highest BCUT2D eigenvalue weighted by molar-refractivity contribution is 6.33. The minimum absolute atomic E-state index is 0.468. The van der Waals surface area contributed by atoms with Crippen LogP contribution in [0.25, 0.3) is 0 Å². The zero-order valence-electron chi connectivity index (χ0n) is 14.4. The van der Waals surface area contributed by atoms with E-state index in [-0.39, 0.29) is 0 Å². The number of nitrogens with one attached hydrogen (secondary N) is 1. The Bertz CT molecular complexity index is 882. The third kappa shape index (κ3) is 4.77. The highest BCUT2D eigenvalue weighted by atomic mass is 35.5. The number of halogens is 1. The third-order valence-electron chi connectivity index (χ3n) is 3.70. The number of rotatable bonds is 7.